The minimum absolute atomic E-state index is 1.04. The first-order chi connectivity index (χ1) is 14.7. The van der Waals surface area contributed by atoms with Crippen LogP contribution >= 0.6 is 0 Å². The van der Waals surface area contributed by atoms with Crippen LogP contribution in [0.15, 0.2) is 85.5 Å². The maximum absolute atomic E-state index is 2.35. The summed E-state index contributed by atoms with van der Waals surface area (Å²) in [7, 11) is 0. The number of rotatable bonds is 2. The summed E-state index contributed by atoms with van der Waals surface area (Å²) in [6.07, 6.45) is 15.1. The van der Waals surface area contributed by atoms with E-state index in [0.717, 1.165) is 12.8 Å². The van der Waals surface area contributed by atoms with Gasteiger partial charge in [-0.1, -0.05) is 24.3 Å². The monoisotopic (exact) mass is 390 g/mol. The Morgan fingerprint density at radius 2 is 0.933 bits per heavy atom. The zero-order chi connectivity index (χ0) is 20.5. The van der Waals surface area contributed by atoms with Crippen LogP contribution in [0, 0.1) is 13.8 Å². The van der Waals surface area contributed by atoms with Crippen LogP contribution in [-0.4, -0.2) is 0 Å². The lowest BCUT2D eigenvalue weighted by Crippen LogP contribution is -2.29. The normalized spacial score (nSPS) is 13.7. The molecule has 2 nitrogen and oxygen atoms in total. The Morgan fingerprint density at radius 3 is 1.33 bits per heavy atom. The largest absolute Gasteiger partial charge is 0.211 e. The average Bonchev–Trinajstić information content (AvgIpc) is 2.79. The molecule has 1 aliphatic carbocycles. The third-order valence-corrected chi connectivity index (χ3v) is 6.21. The van der Waals surface area contributed by atoms with Gasteiger partial charge in [-0.05, 0) is 60.1 Å². The van der Waals surface area contributed by atoms with Crippen LogP contribution < -0.4 is 9.13 Å². The van der Waals surface area contributed by atoms with Crippen molar-refractivity contribution in [1.29, 1.82) is 0 Å². The molecule has 0 radical (unpaired) electrons. The highest BCUT2D eigenvalue weighted by Gasteiger charge is 2.17. The average molecular weight is 391 g/mol. The lowest BCUT2D eigenvalue weighted by Gasteiger charge is -2.15. The van der Waals surface area contributed by atoms with E-state index < -0.39 is 0 Å². The number of benzene rings is 2. The molecule has 4 aromatic rings. The number of aromatic nitrogens is 2. The minimum atomic E-state index is 1.04. The predicted molar refractivity (Wildman–Crippen MR) is 122 cm³/mol. The first kappa shape index (κ1) is 18.5. The van der Waals surface area contributed by atoms with Gasteiger partial charge in [0, 0.05) is 48.5 Å². The predicted octanol–water partition coefficient (Wildman–Crippen LogP) is 5.13. The third kappa shape index (κ3) is 3.46. The van der Waals surface area contributed by atoms with E-state index in [1.54, 1.807) is 0 Å². The Balaban J connectivity index is 1.65. The van der Waals surface area contributed by atoms with E-state index in [-0.39, 0.29) is 0 Å². The van der Waals surface area contributed by atoms with Crippen LogP contribution in [0.4, 0.5) is 0 Å². The van der Waals surface area contributed by atoms with Gasteiger partial charge in [0.05, 0.1) is 0 Å². The summed E-state index contributed by atoms with van der Waals surface area (Å²) in [5, 5.41) is 0. The van der Waals surface area contributed by atoms with Crippen LogP contribution in [0.25, 0.3) is 23.5 Å². The van der Waals surface area contributed by atoms with Gasteiger partial charge < -0.3 is 0 Å². The number of aryl methyl sites for hydroxylation is 2. The third-order valence-electron chi connectivity index (χ3n) is 6.21. The smallest absolute Gasteiger partial charge is 0.167 e. The van der Waals surface area contributed by atoms with E-state index in [9.17, 15) is 0 Å². The van der Waals surface area contributed by atoms with E-state index in [4.69, 9.17) is 0 Å². The molecule has 0 amide bonds. The van der Waals surface area contributed by atoms with E-state index >= 15 is 0 Å². The molecule has 2 aromatic carbocycles. The highest BCUT2D eigenvalue weighted by molar-refractivity contribution is 5.75. The number of fused-ring (bicyclic) bond motifs is 4. The van der Waals surface area contributed by atoms with Gasteiger partial charge in [-0.25, -0.2) is 0 Å². The lowest BCUT2D eigenvalue weighted by molar-refractivity contribution is -0.596. The molecule has 1 aliphatic rings. The first-order valence-electron chi connectivity index (χ1n) is 10.6. The number of pyridine rings is 2. The quantitative estimate of drug-likeness (QED) is 0.420. The Labute approximate surface area is 178 Å². The maximum atomic E-state index is 2.35. The van der Waals surface area contributed by atoms with Gasteiger partial charge in [0.15, 0.2) is 24.8 Å². The summed E-state index contributed by atoms with van der Waals surface area (Å²) in [6.45, 7) is 4.51. The molecule has 4 bridgehead atoms. The van der Waals surface area contributed by atoms with Gasteiger partial charge in [0.2, 0.25) is 11.4 Å². The summed E-state index contributed by atoms with van der Waals surface area (Å²) < 4.78 is 4.39. The summed E-state index contributed by atoms with van der Waals surface area (Å²) in [4.78, 5) is 0. The van der Waals surface area contributed by atoms with Crippen molar-refractivity contribution in [2.24, 2.45) is 0 Å². The van der Waals surface area contributed by atoms with Gasteiger partial charge in [-0.3, -0.25) is 0 Å². The topological polar surface area (TPSA) is 7.76 Å². The van der Waals surface area contributed by atoms with Crippen molar-refractivity contribution in [2.75, 3.05) is 0 Å². The molecule has 2 heterocycles. The number of hydrogen-bond donors (Lipinski definition) is 0. The number of hydrogen-bond acceptors (Lipinski definition) is 0. The van der Waals surface area contributed by atoms with Crippen LogP contribution in [0.5, 0.6) is 0 Å². The molecule has 0 unspecified atom stereocenters. The van der Waals surface area contributed by atoms with Crippen LogP contribution in [0.3, 0.4) is 0 Å². The summed E-state index contributed by atoms with van der Waals surface area (Å²) in [5.74, 6) is 0. The SMILES string of the molecule is Cc1c2cc(-[n+]3ccccc3)cc1CCc1cc(-[n+]3ccccc3)cc(c1C)/C=C\2. The van der Waals surface area contributed by atoms with E-state index in [2.05, 4.69) is 121 Å². The zero-order valence-electron chi connectivity index (χ0n) is 17.5. The maximum Gasteiger partial charge on any atom is 0.211 e. The second-order valence-electron chi connectivity index (χ2n) is 8.04. The second-order valence-corrected chi connectivity index (χ2v) is 8.04. The van der Waals surface area contributed by atoms with Gasteiger partial charge in [-0.15, -0.1) is 0 Å². The Morgan fingerprint density at radius 1 is 0.533 bits per heavy atom. The molecule has 2 heteroatoms. The molecule has 0 saturated carbocycles. The molecule has 0 spiro atoms. The van der Waals surface area contributed by atoms with Crippen LogP contribution in [0.1, 0.15) is 33.4 Å². The Bertz CT molecular complexity index is 1140. The highest BCUT2D eigenvalue weighted by atomic mass is 14.9. The van der Waals surface area contributed by atoms with Crippen molar-refractivity contribution in [3.05, 3.63) is 119 Å². The van der Waals surface area contributed by atoms with E-state index in [1.165, 1.54) is 44.8 Å². The van der Waals surface area contributed by atoms with Crippen LogP contribution in [0.2, 0.25) is 0 Å². The molecule has 0 saturated heterocycles. The van der Waals surface area contributed by atoms with Crippen molar-refractivity contribution in [3.8, 4) is 11.4 Å². The van der Waals surface area contributed by atoms with Crippen LogP contribution in [-0.2, 0) is 12.8 Å². The van der Waals surface area contributed by atoms with Crippen molar-refractivity contribution in [2.45, 2.75) is 26.7 Å². The summed E-state index contributed by atoms with van der Waals surface area (Å²) in [5.41, 5.74) is 10.6. The Kier molecular flexibility index (Phi) is 4.76. The van der Waals surface area contributed by atoms with Gasteiger partial charge >= 0.3 is 0 Å². The van der Waals surface area contributed by atoms with Crippen molar-refractivity contribution >= 4 is 12.2 Å². The second kappa shape index (κ2) is 7.72. The first-order valence-corrected chi connectivity index (χ1v) is 10.6. The van der Waals surface area contributed by atoms with Gasteiger partial charge in [0.25, 0.3) is 0 Å². The fraction of sp³-hybridized carbons (Fsp3) is 0.143. The summed E-state index contributed by atoms with van der Waals surface area (Å²) in [6, 6.07) is 21.7. The van der Waals surface area contributed by atoms with E-state index in [1.807, 2.05) is 0 Å². The molecular formula is C28H26N2+2. The standard InChI is InChI=1S/C28H26N2/c1-21-23-9-11-25-19-28(30-15-7-4-8-16-30)20-26(22(25)2)12-10-24(21)18-27(17-23)29-13-5-3-6-14-29/h3-9,11,13-20H,10,12H2,1-2H3/q+2/b11-9-. The van der Waals surface area contributed by atoms with Crippen molar-refractivity contribution in [3.63, 3.8) is 0 Å². The summed E-state index contributed by atoms with van der Waals surface area (Å²) >= 11 is 0. The highest BCUT2D eigenvalue weighted by Crippen LogP contribution is 2.27. The molecule has 5 rings (SSSR count). The Hall–Kier alpha value is -3.52. The lowest BCUT2D eigenvalue weighted by atomic mass is 9.90. The fourth-order valence-corrected chi connectivity index (χ4v) is 4.32. The molecule has 146 valence electrons. The molecule has 0 aliphatic heterocycles. The van der Waals surface area contributed by atoms with E-state index in [0.29, 0.717) is 0 Å². The molecule has 0 atom stereocenters. The minimum Gasteiger partial charge on any atom is -0.167 e. The van der Waals surface area contributed by atoms with Crippen molar-refractivity contribution < 1.29 is 9.13 Å². The van der Waals surface area contributed by atoms with Gasteiger partial charge in [0.1, 0.15) is 0 Å². The molecule has 0 N–H and O–H groups in total. The molecule has 2 aromatic heterocycles. The molecular weight excluding hydrogens is 364 g/mol. The number of nitrogens with zero attached hydrogens (tertiary/aromatic N) is 2. The van der Waals surface area contributed by atoms with Crippen molar-refractivity contribution in [1.82, 2.24) is 0 Å². The fourth-order valence-electron chi connectivity index (χ4n) is 4.32. The zero-order valence-corrected chi connectivity index (χ0v) is 17.5. The molecule has 0 fully saturated rings. The molecule has 30 heavy (non-hydrogen) atoms. The van der Waals surface area contributed by atoms with Gasteiger partial charge in [-0.2, -0.15) is 9.13 Å².